The first-order valence-electron chi connectivity index (χ1n) is 1.84. The highest BCUT2D eigenvalue weighted by Gasteiger charge is 2.03. The van der Waals surface area contributed by atoms with Crippen molar-refractivity contribution < 1.29 is 9.90 Å². The van der Waals surface area contributed by atoms with E-state index in [1.807, 2.05) is 0 Å². The molecule has 0 aromatic carbocycles. The van der Waals surface area contributed by atoms with Gasteiger partial charge in [-0.2, -0.15) is 0 Å². The average Bonchev–Trinajstić information content (AvgIpc) is 1.65. The van der Waals surface area contributed by atoms with Crippen molar-refractivity contribution in [3.05, 3.63) is 0 Å². The molecule has 0 aliphatic rings. The zero-order valence-corrected chi connectivity index (χ0v) is 4.01. The zero-order chi connectivity index (χ0) is 5.86. The number of carboxylic acids is 1. The first-order valence-corrected chi connectivity index (χ1v) is 1.84. The van der Waals surface area contributed by atoms with E-state index in [-0.39, 0.29) is 0 Å². The molecule has 0 rings (SSSR count). The normalized spacial score (nSPS) is 13.3. The lowest BCUT2D eigenvalue weighted by Crippen LogP contribution is -2.33. The second-order valence-electron chi connectivity index (χ2n) is 1.10. The van der Waals surface area contributed by atoms with Gasteiger partial charge in [-0.1, -0.05) is 0 Å². The van der Waals surface area contributed by atoms with Crippen LogP contribution < -0.4 is 5.32 Å². The maximum Gasteiger partial charge on any atom is 0.311 e. The maximum absolute atomic E-state index is 9.74. The quantitative estimate of drug-likeness (QED) is 0.427. The third-order valence-electron chi connectivity index (χ3n) is 0.577. The second kappa shape index (κ2) is 2.63. The predicted octanol–water partition coefficient (Wildman–Crippen LogP) is -1.22. The Morgan fingerprint density at radius 1 is 2.00 bits per heavy atom. The fourth-order valence-corrected chi connectivity index (χ4v) is 0.123. The topological polar surface area (TPSA) is 49.3 Å². The predicted molar refractivity (Wildman–Crippen MR) is 26.2 cm³/mol. The number of carboxylic acid groups (broad SMARTS) is 1. The summed E-state index contributed by atoms with van der Waals surface area (Å²) in [6.45, 7) is 0. The summed E-state index contributed by atoms with van der Waals surface area (Å²) in [5, 5.41) is 10.3. The molecule has 0 aromatic heterocycles. The molecule has 1 atom stereocenters. The van der Waals surface area contributed by atoms with Gasteiger partial charge in [0.15, 0.2) is 0 Å². The van der Waals surface area contributed by atoms with Crippen LogP contribution in [0.5, 0.6) is 0 Å². The molecule has 7 heavy (non-hydrogen) atoms. The van der Waals surface area contributed by atoms with E-state index >= 15 is 0 Å². The van der Waals surface area contributed by atoms with Gasteiger partial charge in [0.2, 0.25) is 0 Å². The Morgan fingerprint density at radius 3 is 2.43 bits per heavy atom. The first kappa shape index (κ1) is 6.49. The summed E-state index contributed by atoms with van der Waals surface area (Å²) >= 11 is 0. The van der Waals surface area contributed by atoms with Crippen LogP contribution in [0.15, 0.2) is 0 Å². The zero-order valence-electron chi connectivity index (χ0n) is 4.01. The van der Waals surface area contributed by atoms with Crippen molar-refractivity contribution in [2.24, 2.45) is 0 Å². The summed E-state index contributed by atoms with van der Waals surface area (Å²) in [5.41, 5.74) is 0. The van der Waals surface area contributed by atoms with E-state index in [0.29, 0.717) is 0 Å². The van der Waals surface area contributed by atoms with Crippen molar-refractivity contribution >= 4 is 13.8 Å². The van der Waals surface area contributed by atoms with Gasteiger partial charge >= 0.3 is 5.97 Å². The molecule has 1 unspecified atom stereocenters. The van der Waals surface area contributed by atoms with Crippen LogP contribution in [0.25, 0.3) is 0 Å². The van der Waals surface area contributed by atoms with Crippen molar-refractivity contribution in [1.82, 2.24) is 5.32 Å². The Bertz CT molecular complexity index is 75.3. The van der Waals surface area contributed by atoms with E-state index in [1.165, 1.54) is 7.05 Å². The number of rotatable bonds is 2. The molecule has 0 saturated carbocycles. The number of nitrogens with one attached hydrogen (secondary N) is 1. The highest BCUT2D eigenvalue weighted by atomic mass is 16.4. The summed E-state index contributed by atoms with van der Waals surface area (Å²) in [6.07, 6.45) is 0. The third kappa shape index (κ3) is 2.22. The SMILES string of the molecule is [B]C(NC)C(=O)O. The van der Waals surface area contributed by atoms with Gasteiger partial charge in [-0.05, 0) is 7.05 Å². The standard InChI is InChI=1S/C3H6BNO2/c1-5-2(4)3(6)7/h2,5H,1H3,(H,6,7). The summed E-state index contributed by atoms with van der Waals surface area (Å²) < 4.78 is 0. The fraction of sp³-hybridized carbons (Fsp3) is 0.667. The van der Waals surface area contributed by atoms with Gasteiger partial charge in [0, 0.05) is 0 Å². The molecule has 4 heteroatoms. The van der Waals surface area contributed by atoms with Crippen LogP contribution in [0.4, 0.5) is 0 Å². The molecule has 0 spiro atoms. The Hall–Kier alpha value is -0.505. The largest absolute Gasteiger partial charge is 0.481 e. The lowest BCUT2D eigenvalue weighted by Gasteiger charge is -2.00. The first-order chi connectivity index (χ1) is 3.18. The average molecular weight is 98.9 g/mol. The molecule has 0 bridgehead atoms. The Labute approximate surface area is 43.1 Å². The third-order valence-corrected chi connectivity index (χ3v) is 0.577. The molecule has 2 N–H and O–H groups in total. The number of aliphatic carboxylic acids is 1. The van der Waals surface area contributed by atoms with Gasteiger partial charge in [-0.25, -0.2) is 0 Å². The molecular formula is C3H6BNO2. The number of likely N-dealkylation sites (N-methyl/N-ethyl adjacent to an activating group) is 1. The lowest BCUT2D eigenvalue weighted by atomic mass is 9.98. The van der Waals surface area contributed by atoms with Crippen molar-refractivity contribution in [2.45, 2.75) is 5.94 Å². The van der Waals surface area contributed by atoms with Crippen LogP contribution in [0.3, 0.4) is 0 Å². The fourth-order valence-electron chi connectivity index (χ4n) is 0.123. The van der Waals surface area contributed by atoms with Crippen LogP contribution in [-0.2, 0) is 4.79 Å². The van der Waals surface area contributed by atoms with E-state index in [0.717, 1.165) is 0 Å². The molecule has 0 fully saturated rings. The monoisotopic (exact) mass is 99.0 g/mol. The minimum atomic E-state index is -1.04. The molecule has 0 heterocycles. The number of hydrogen-bond donors (Lipinski definition) is 2. The molecule has 0 aromatic rings. The van der Waals surface area contributed by atoms with Crippen molar-refractivity contribution in [3.63, 3.8) is 0 Å². The lowest BCUT2D eigenvalue weighted by molar-refractivity contribution is -0.137. The number of carbonyl (C=O) groups is 1. The maximum atomic E-state index is 9.74. The molecule has 0 aliphatic heterocycles. The Morgan fingerprint density at radius 2 is 2.43 bits per heavy atom. The smallest absolute Gasteiger partial charge is 0.311 e. The van der Waals surface area contributed by atoms with Crippen molar-refractivity contribution in [1.29, 1.82) is 0 Å². The Balaban J connectivity index is 3.34. The highest BCUT2D eigenvalue weighted by Crippen LogP contribution is 1.68. The second-order valence-corrected chi connectivity index (χ2v) is 1.10. The van der Waals surface area contributed by atoms with Gasteiger partial charge in [0.1, 0.15) is 7.85 Å². The van der Waals surface area contributed by atoms with Crippen LogP contribution in [0.2, 0.25) is 0 Å². The van der Waals surface area contributed by atoms with Gasteiger partial charge in [0.05, 0.1) is 5.94 Å². The summed E-state index contributed by atoms with van der Waals surface area (Å²) in [4.78, 5) is 9.74. The molecule has 0 saturated heterocycles. The number of hydrogen-bond acceptors (Lipinski definition) is 2. The van der Waals surface area contributed by atoms with E-state index in [9.17, 15) is 4.79 Å². The minimum Gasteiger partial charge on any atom is -0.481 e. The van der Waals surface area contributed by atoms with Crippen LogP contribution in [0.1, 0.15) is 0 Å². The Kier molecular flexibility index (Phi) is 2.44. The molecule has 3 nitrogen and oxygen atoms in total. The summed E-state index contributed by atoms with van der Waals surface area (Å²) in [5.74, 6) is -1.97. The summed E-state index contributed by atoms with van der Waals surface area (Å²) in [6, 6.07) is 0. The van der Waals surface area contributed by atoms with E-state index in [2.05, 4.69) is 5.32 Å². The molecule has 0 aliphatic carbocycles. The van der Waals surface area contributed by atoms with Gasteiger partial charge in [-0.3, -0.25) is 4.79 Å². The molecular weight excluding hydrogens is 92.8 g/mol. The minimum absolute atomic E-state index is 0.931. The molecule has 0 amide bonds. The van der Waals surface area contributed by atoms with Gasteiger partial charge < -0.3 is 10.4 Å². The van der Waals surface area contributed by atoms with Crippen molar-refractivity contribution in [3.8, 4) is 0 Å². The molecule has 2 radical (unpaired) electrons. The van der Waals surface area contributed by atoms with Crippen LogP contribution >= 0.6 is 0 Å². The van der Waals surface area contributed by atoms with Crippen molar-refractivity contribution in [2.75, 3.05) is 7.05 Å². The van der Waals surface area contributed by atoms with Crippen LogP contribution in [0, 0.1) is 0 Å². The van der Waals surface area contributed by atoms with Gasteiger partial charge in [0.25, 0.3) is 0 Å². The molecule has 38 valence electrons. The van der Waals surface area contributed by atoms with Crippen LogP contribution in [-0.4, -0.2) is 31.9 Å². The van der Waals surface area contributed by atoms with E-state index < -0.39 is 11.9 Å². The van der Waals surface area contributed by atoms with Gasteiger partial charge in [-0.15, -0.1) is 0 Å². The highest BCUT2D eigenvalue weighted by molar-refractivity contribution is 6.22. The summed E-state index contributed by atoms with van der Waals surface area (Å²) in [7, 11) is 6.39. The van der Waals surface area contributed by atoms with E-state index in [4.69, 9.17) is 13.0 Å². The van der Waals surface area contributed by atoms with E-state index in [1.54, 1.807) is 0 Å².